The lowest BCUT2D eigenvalue weighted by Crippen LogP contribution is -2.23. The number of aromatic nitrogens is 1. The predicted octanol–water partition coefficient (Wildman–Crippen LogP) is 2.02. The standard InChI is InChI=1S/C12H23N3O/c1-4-7-15(6-3)10-12-8-11(14-16-12)9-13-5-2/h8,13H,4-7,9-10H2,1-3H3. The zero-order chi connectivity index (χ0) is 11.8. The Balaban J connectivity index is 2.43. The first-order valence-electron chi connectivity index (χ1n) is 6.17. The van der Waals surface area contributed by atoms with Crippen LogP contribution in [0.15, 0.2) is 10.6 Å². The minimum atomic E-state index is 0.792. The van der Waals surface area contributed by atoms with Gasteiger partial charge in [0.25, 0.3) is 0 Å². The molecule has 16 heavy (non-hydrogen) atoms. The van der Waals surface area contributed by atoms with Crippen molar-refractivity contribution < 1.29 is 4.52 Å². The minimum Gasteiger partial charge on any atom is -0.360 e. The highest BCUT2D eigenvalue weighted by Crippen LogP contribution is 2.07. The SMILES string of the molecule is CCCN(CC)Cc1cc(CNCC)no1. The molecule has 1 aromatic heterocycles. The largest absolute Gasteiger partial charge is 0.360 e. The van der Waals surface area contributed by atoms with Crippen LogP contribution in [0.25, 0.3) is 0 Å². The third-order valence-corrected chi connectivity index (χ3v) is 2.53. The van der Waals surface area contributed by atoms with Crippen molar-refractivity contribution in [2.45, 2.75) is 40.3 Å². The van der Waals surface area contributed by atoms with Crippen LogP contribution in [0.2, 0.25) is 0 Å². The maximum Gasteiger partial charge on any atom is 0.151 e. The van der Waals surface area contributed by atoms with Gasteiger partial charge in [-0.3, -0.25) is 4.90 Å². The Bertz CT molecular complexity index is 286. The lowest BCUT2D eigenvalue weighted by atomic mass is 10.3. The molecule has 92 valence electrons. The van der Waals surface area contributed by atoms with Gasteiger partial charge in [0.15, 0.2) is 5.76 Å². The summed E-state index contributed by atoms with van der Waals surface area (Å²) in [5.41, 5.74) is 0.990. The maximum atomic E-state index is 5.31. The van der Waals surface area contributed by atoms with Crippen molar-refractivity contribution in [1.82, 2.24) is 15.4 Å². The molecule has 0 unspecified atom stereocenters. The Morgan fingerprint density at radius 3 is 2.81 bits per heavy atom. The van der Waals surface area contributed by atoms with Crippen LogP contribution in [0.4, 0.5) is 0 Å². The highest BCUT2D eigenvalue weighted by Gasteiger charge is 2.08. The zero-order valence-electron chi connectivity index (χ0n) is 10.6. The summed E-state index contributed by atoms with van der Waals surface area (Å²) >= 11 is 0. The van der Waals surface area contributed by atoms with E-state index in [0.29, 0.717) is 0 Å². The van der Waals surface area contributed by atoms with Crippen molar-refractivity contribution in [1.29, 1.82) is 0 Å². The second-order valence-electron chi connectivity index (χ2n) is 3.93. The fourth-order valence-electron chi connectivity index (χ4n) is 1.65. The molecular formula is C12H23N3O. The molecular weight excluding hydrogens is 202 g/mol. The molecule has 0 saturated carbocycles. The summed E-state index contributed by atoms with van der Waals surface area (Å²) in [6.45, 7) is 11.2. The Kier molecular flexibility index (Phi) is 6.11. The third kappa shape index (κ3) is 4.33. The van der Waals surface area contributed by atoms with Crippen molar-refractivity contribution in [3.8, 4) is 0 Å². The van der Waals surface area contributed by atoms with E-state index in [4.69, 9.17) is 4.52 Å². The molecule has 0 aromatic carbocycles. The Hall–Kier alpha value is -0.870. The molecule has 0 spiro atoms. The molecule has 0 aliphatic carbocycles. The molecule has 1 rings (SSSR count). The number of hydrogen-bond acceptors (Lipinski definition) is 4. The average Bonchev–Trinajstić information content (AvgIpc) is 2.73. The monoisotopic (exact) mass is 225 g/mol. The third-order valence-electron chi connectivity index (χ3n) is 2.53. The topological polar surface area (TPSA) is 41.3 Å². The molecule has 0 aliphatic heterocycles. The fraction of sp³-hybridized carbons (Fsp3) is 0.750. The van der Waals surface area contributed by atoms with Gasteiger partial charge in [0, 0.05) is 12.6 Å². The molecule has 0 saturated heterocycles. The Morgan fingerprint density at radius 1 is 1.38 bits per heavy atom. The van der Waals surface area contributed by atoms with Gasteiger partial charge in [0.1, 0.15) is 0 Å². The molecule has 1 N–H and O–H groups in total. The van der Waals surface area contributed by atoms with E-state index in [-0.39, 0.29) is 0 Å². The van der Waals surface area contributed by atoms with E-state index in [2.05, 4.69) is 36.1 Å². The van der Waals surface area contributed by atoms with Crippen LogP contribution in [0.1, 0.15) is 38.6 Å². The summed E-state index contributed by atoms with van der Waals surface area (Å²) in [6, 6.07) is 2.04. The summed E-state index contributed by atoms with van der Waals surface area (Å²) in [5.74, 6) is 0.961. The molecule has 0 atom stereocenters. The van der Waals surface area contributed by atoms with E-state index in [1.165, 1.54) is 6.42 Å². The number of rotatable bonds is 8. The van der Waals surface area contributed by atoms with E-state index >= 15 is 0 Å². The van der Waals surface area contributed by atoms with Gasteiger partial charge in [-0.1, -0.05) is 25.9 Å². The average molecular weight is 225 g/mol. The summed E-state index contributed by atoms with van der Waals surface area (Å²) < 4.78 is 5.31. The minimum absolute atomic E-state index is 0.792. The van der Waals surface area contributed by atoms with Gasteiger partial charge < -0.3 is 9.84 Å². The van der Waals surface area contributed by atoms with E-state index in [0.717, 1.165) is 44.2 Å². The normalized spacial score (nSPS) is 11.2. The lowest BCUT2D eigenvalue weighted by Gasteiger charge is -2.16. The van der Waals surface area contributed by atoms with Crippen LogP contribution in [0.5, 0.6) is 0 Å². The van der Waals surface area contributed by atoms with Gasteiger partial charge >= 0.3 is 0 Å². The van der Waals surface area contributed by atoms with Gasteiger partial charge in [0.2, 0.25) is 0 Å². The van der Waals surface area contributed by atoms with E-state index in [9.17, 15) is 0 Å². The van der Waals surface area contributed by atoms with Crippen molar-refractivity contribution in [2.24, 2.45) is 0 Å². The maximum absolute atomic E-state index is 5.31. The Morgan fingerprint density at radius 2 is 2.19 bits per heavy atom. The van der Waals surface area contributed by atoms with Gasteiger partial charge in [-0.2, -0.15) is 0 Å². The molecule has 0 bridgehead atoms. The van der Waals surface area contributed by atoms with E-state index in [1.54, 1.807) is 0 Å². The first-order chi connectivity index (χ1) is 7.80. The summed E-state index contributed by atoms with van der Waals surface area (Å²) in [5, 5.41) is 7.27. The fourth-order valence-corrected chi connectivity index (χ4v) is 1.65. The quantitative estimate of drug-likeness (QED) is 0.735. The van der Waals surface area contributed by atoms with Gasteiger partial charge in [-0.15, -0.1) is 0 Å². The van der Waals surface area contributed by atoms with Crippen LogP contribution >= 0.6 is 0 Å². The molecule has 1 heterocycles. The van der Waals surface area contributed by atoms with Gasteiger partial charge in [-0.25, -0.2) is 0 Å². The van der Waals surface area contributed by atoms with Crippen molar-refractivity contribution in [2.75, 3.05) is 19.6 Å². The second-order valence-corrected chi connectivity index (χ2v) is 3.93. The van der Waals surface area contributed by atoms with Crippen LogP contribution < -0.4 is 5.32 Å². The summed E-state index contributed by atoms with van der Waals surface area (Å²) in [4.78, 5) is 2.36. The molecule has 0 amide bonds. The Labute approximate surface area is 98.0 Å². The van der Waals surface area contributed by atoms with Crippen LogP contribution in [0.3, 0.4) is 0 Å². The van der Waals surface area contributed by atoms with Crippen molar-refractivity contribution >= 4 is 0 Å². The molecule has 1 aromatic rings. The molecule has 0 aliphatic rings. The molecule has 0 fully saturated rings. The second kappa shape index (κ2) is 7.41. The van der Waals surface area contributed by atoms with Crippen LogP contribution in [0, 0.1) is 0 Å². The smallest absolute Gasteiger partial charge is 0.151 e. The molecule has 4 heteroatoms. The lowest BCUT2D eigenvalue weighted by molar-refractivity contribution is 0.241. The highest BCUT2D eigenvalue weighted by molar-refractivity contribution is 5.05. The molecule has 4 nitrogen and oxygen atoms in total. The van der Waals surface area contributed by atoms with Crippen molar-refractivity contribution in [3.05, 3.63) is 17.5 Å². The van der Waals surface area contributed by atoms with Gasteiger partial charge in [0.05, 0.1) is 12.2 Å². The number of nitrogens with one attached hydrogen (secondary N) is 1. The number of hydrogen-bond donors (Lipinski definition) is 1. The summed E-state index contributed by atoms with van der Waals surface area (Å²) in [7, 11) is 0. The predicted molar refractivity (Wildman–Crippen MR) is 65.1 cm³/mol. The number of nitrogens with zero attached hydrogens (tertiary/aromatic N) is 2. The van der Waals surface area contributed by atoms with Crippen LogP contribution in [-0.4, -0.2) is 29.7 Å². The van der Waals surface area contributed by atoms with E-state index < -0.39 is 0 Å². The van der Waals surface area contributed by atoms with E-state index in [1.807, 2.05) is 6.07 Å². The van der Waals surface area contributed by atoms with Crippen LogP contribution in [-0.2, 0) is 13.1 Å². The van der Waals surface area contributed by atoms with Crippen molar-refractivity contribution in [3.63, 3.8) is 0 Å². The first-order valence-corrected chi connectivity index (χ1v) is 6.17. The zero-order valence-corrected chi connectivity index (χ0v) is 10.6. The molecule has 0 radical (unpaired) electrons. The highest BCUT2D eigenvalue weighted by atomic mass is 16.5. The van der Waals surface area contributed by atoms with Gasteiger partial charge in [-0.05, 0) is 26.1 Å². The summed E-state index contributed by atoms with van der Waals surface area (Å²) in [6.07, 6.45) is 1.17. The first kappa shape index (κ1) is 13.2.